The molecule has 0 spiro atoms. The van der Waals surface area contributed by atoms with Crippen molar-refractivity contribution in [3.05, 3.63) is 10.6 Å². The van der Waals surface area contributed by atoms with Crippen LogP contribution >= 0.6 is 12.2 Å². The molecule has 0 amide bonds. The molecule has 12 heavy (non-hydrogen) atoms. The largest absolute Gasteiger partial charge is 0.395 e. The number of nitrogens with two attached hydrogens (primary N) is 1. The van der Waals surface area contributed by atoms with Gasteiger partial charge >= 0.3 is 0 Å². The van der Waals surface area contributed by atoms with E-state index in [0.717, 1.165) is 0 Å². The molecule has 0 radical (unpaired) electrons. The first-order chi connectivity index (χ1) is 5.49. The average molecular weight is 188 g/mol. The van der Waals surface area contributed by atoms with E-state index < -0.39 is 5.41 Å². The number of nitrogen functional groups attached to an aromatic ring is 1. The van der Waals surface area contributed by atoms with Crippen LogP contribution in [-0.4, -0.2) is 26.6 Å². The van der Waals surface area contributed by atoms with Crippen molar-refractivity contribution in [3.63, 3.8) is 0 Å². The van der Waals surface area contributed by atoms with Crippen molar-refractivity contribution in [2.75, 3.05) is 12.4 Å². The summed E-state index contributed by atoms with van der Waals surface area (Å²) >= 11 is 4.83. The lowest BCUT2D eigenvalue weighted by Gasteiger charge is -2.19. The normalized spacial score (nSPS) is 11.9. The lowest BCUT2D eigenvalue weighted by atomic mass is 9.94. The highest BCUT2D eigenvalue weighted by molar-refractivity contribution is 7.71. The molecule has 0 atom stereocenters. The first-order valence-electron chi connectivity index (χ1n) is 3.53. The van der Waals surface area contributed by atoms with Gasteiger partial charge in [0.2, 0.25) is 4.77 Å². The Balaban J connectivity index is 3.20. The standard InChI is InChI=1S/C6H12N4OS/c1-6(2,3-11)4-8-9-5(12)10(4)7/h11H,3,7H2,1-2H3,(H,9,12). The molecule has 0 aliphatic rings. The maximum Gasteiger partial charge on any atom is 0.214 e. The van der Waals surface area contributed by atoms with Crippen LogP contribution in [0.5, 0.6) is 0 Å². The van der Waals surface area contributed by atoms with E-state index in [1.54, 1.807) is 0 Å². The molecule has 0 bridgehead atoms. The maximum atomic E-state index is 9.02. The number of hydrogen-bond acceptors (Lipinski definition) is 4. The zero-order valence-electron chi connectivity index (χ0n) is 7.03. The summed E-state index contributed by atoms with van der Waals surface area (Å²) in [6.45, 7) is 3.65. The van der Waals surface area contributed by atoms with Gasteiger partial charge in [-0.15, -0.1) is 0 Å². The van der Waals surface area contributed by atoms with Gasteiger partial charge in [0.15, 0.2) is 5.82 Å². The minimum absolute atomic E-state index is 0.0240. The second-order valence-electron chi connectivity index (χ2n) is 3.26. The minimum Gasteiger partial charge on any atom is -0.395 e. The van der Waals surface area contributed by atoms with Gasteiger partial charge in [0, 0.05) is 5.41 Å². The Morgan fingerprint density at radius 1 is 1.75 bits per heavy atom. The van der Waals surface area contributed by atoms with E-state index in [0.29, 0.717) is 10.6 Å². The summed E-state index contributed by atoms with van der Waals surface area (Å²) in [5.74, 6) is 6.12. The van der Waals surface area contributed by atoms with Crippen LogP contribution in [0.3, 0.4) is 0 Å². The Morgan fingerprint density at radius 2 is 2.33 bits per heavy atom. The van der Waals surface area contributed by atoms with E-state index in [4.69, 9.17) is 23.2 Å². The van der Waals surface area contributed by atoms with E-state index in [2.05, 4.69) is 10.2 Å². The number of rotatable bonds is 2. The first-order valence-corrected chi connectivity index (χ1v) is 3.93. The number of nitrogens with zero attached hydrogens (tertiary/aromatic N) is 2. The fourth-order valence-corrected chi connectivity index (χ4v) is 0.985. The number of H-pyrrole nitrogens is 1. The van der Waals surface area contributed by atoms with Crippen molar-refractivity contribution in [2.24, 2.45) is 0 Å². The summed E-state index contributed by atoms with van der Waals surface area (Å²) in [5, 5.41) is 15.5. The van der Waals surface area contributed by atoms with Gasteiger partial charge in [0.05, 0.1) is 6.61 Å². The molecule has 0 unspecified atom stereocenters. The van der Waals surface area contributed by atoms with Crippen LogP contribution in [0.1, 0.15) is 19.7 Å². The summed E-state index contributed by atoms with van der Waals surface area (Å²) in [4.78, 5) is 0. The minimum atomic E-state index is -0.470. The van der Waals surface area contributed by atoms with Crippen molar-refractivity contribution in [3.8, 4) is 0 Å². The highest BCUT2D eigenvalue weighted by atomic mass is 32.1. The van der Waals surface area contributed by atoms with Crippen LogP contribution in [-0.2, 0) is 5.41 Å². The van der Waals surface area contributed by atoms with Gasteiger partial charge in [0.1, 0.15) is 0 Å². The molecule has 6 heteroatoms. The van der Waals surface area contributed by atoms with Gasteiger partial charge in [-0.25, -0.2) is 4.68 Å². The third-order valence-corrected chi connectivity index (χ3v) is 1.99. The highest BCUT2D eigenvalue weighted by Gasteiger charge is 2.25. The van der Waals surface area contributed by atoms with Crippen molar-refractivity contribution in [1.82, 2.24) is 14.9 Å². The molecule has 5 nitrogen and oxygen atoms in total. The lowest BCUT2D eigenvalue weighted by Crippen LogP contribution is -2.29. The van der Waals surface area contributed by atoms with Crippen molar-refractivity contribution in [1.29, 1.82) is 0 Å². The lowest BCUT2D eigenvalue weighted by molar-refractivity contribution is 0.209. The summed E-state index contributed by atoms with van der Waals surface area (Å²) < 4.78 is 1.62. The number of aliphatic hydroxyl groups excluding tert-OH is 1. The monoisotopic (exact) mass is 188 g/mol. The van der Waals surface area contributed by atoms with E-state index in [1.807, 2.05) is 13.8 Å². The molecule has 4 N–H and O–H groups in total. The molecular weight excluding hydrogens is 176 g/mol. The quantitative estimate of drug-likeness (QED) is 0.448. The van der Waals surface area contributed by atoms with Crippen LogP contribution in [0.4, 0.5) is 0 Å². The number of aliphatic hydroxyl groups is 1. The summed E-state index contributed by atoms with van der Waals surface area (Å²) in [6, 6.07) is 0. The third-order valence-electron chi connectivity index (χ3n) is 1.71. The predicted molar refractivity (Wildman–Crippen MR) is 47.7 cm³/mol. The summed E-state index contributed by atoms with van der Waals surface area (Å²) in [6.07, 6.45) is 0. The Hall–Kier alpha value is -0.880. The molecule has 0 saturated heterocycles. The van der Waals surface area contributed by atoms with Gasteiger partial charge in [-0.05, 0) is 12.2 Å². The molecule has 1 aromatic rings. The van der Waals surface area contributed by atoms with Crippen LogP contribution in [0.15, 0.2) is 0 Å². The number of aromatic amines is 1. The van der Waals surface area contributed by atoms with Gasteiger partial charge in [-0.1, -0.05) is 13.8 Å². The van der Waals surface area contributed by atoms with Crippen LogP contribution < -0.4 is 5.84 Å². The zero-order valence-corrected chi connectivity index (χ0v) is 7.85. The smallest absolute Gasteiger partial charge is 0.214 e. The SMILES string of the molecule is CC(C)(CO)c1n[nH]c(=S)n1N. The molecule has 0 saturated carbocycles. The third kappa shape index (κ3) is 1.35. The molecule has 1 aromatic heterocycles. The second kappa shape index (κ2) is 2.87. The summed E-state index contributed by atoms with van der Waals surface area (Å²) in [5.41, 5.74) is -0.470. The van der Waals surface area contributed by atoms with Crippen molar-refractivity contribution < 1.29 is 5.11 Å². The highest BCUT2D eigenvalue weighted by Crippen LogP contribution is 2.18. The first kappa shape index (κ1) is 9.21. The number of nitrogens with one attached hydrogen (secondary N) is 1. The number of aromatic nitrogens is 3. The molecule has 0 aliphatic carbocycles. The van der Waals surface area contributed by atoms with Crippen molar-refractivity contribution in [2.45, 2.75) is 19.3 Å². The van der Waals surface area contributed by atoms with E-state index in [9.17, 15) is 0 Å². The molecule has 68 valence electrons. The van der Waals surface area contributed by atoms with E-state index in [1.165, 1.54) is 4.68 Å². The summed E-state index contributed by atoms with van der Waals surface area (Å²) in [7, 11) is 0. The molecule has 0 aliphatic heterocycles. The van der Waals surface area contributed by atoms with Gasteiger partial charge < -0.3 is 10.9 Å². The topological polar surface area (TPSA) is 79.9 Å². The van der Waals surface area contributed by atoms with E-state index in [-0.39, 0.29) is 6.61 Å². The fraction of sp³-hybridized carbons (Fsp3) is 0.667. The Morgan fingerprint density at radius 3 is 2.67 bits per heavy atom. The van der Waals surface area contributed by atoms with Gasteiger partial charge in [-0.2, -0.15) is 5.10 Å². The van der Waals surface area contributed by atoms with Crippen LogP contribution in [0, 0.1) is 4.77 Å². The predicted octanol–water partition coefficient (Wildman–Crippen LogP) is -0.0756. The van der Waals surface area contributed by atoms with Crippen molar-refractivity contribution >= 4 is 12.2 Å². The van der Waals surface area contributed by atoms with Gasteiger partial charge in [0.25, 0.3) is 0 Å². The molecule has 0 aromatic carbocycles. The maximum absolute atomic E-state index is 9.02. The Labute approximate surface area is 75.2 Å². The molecule has 1 heterocycles. The Kier molecular flexibility index (Phi) is 2.20. The Bertz CT molecular complexity index is 327. The zero-order chi connectivity index (χ0) is 9.35. The van der Waals surface area contributed by atoms with E-state index >= 15 is 0 Å². The van der Waals surface area contributed by atoms with Crippen LogP contribution in [0.25, 0.3) is 0 Å². The molecule has 1 rings (SSSR count). The average Bonchev–Trinajstić information content (AvgIpc) is 2.33. The molecule has 0 fully saturated rings. The second-order valence-corrected chi connectivity index (χ2v) is 3.65. The molecular formula is C6H12N4OS. The fourth-order valence-electron chi connectivity index (χ4n) is 0.853. The number of hydrogen-bond donors (Lipinski definition) is 3. The van der Waals surface area contributed by atoms with Crippen LogP contribution in [0.2, 0.25) is 0 Å². The van der Waals surface area contributed by atoms with Gasteiger partial charge in [-0.3, -0.25) is 5.10 Å².